The lowest BCUT2D eigenvalue weighted by Gasteiger charge is -2.39. The third kappa shape index (κ3) is 4.08. The molecule has 0 saturated carbocycles. The molecular formula is C23H24O9. The van der Waals surface area contributed by atoms with Crippen molar-refractivity contribution in [2.24, 2.45) is 0 Å². The van der Waals surface area contributed by atoms with E-state index in [2.05, 4.69) is 0 Å². The second kappa shape index (κ2) is 8.89. The third-order valence-electron chi connectivity index (χ3n) is 5.68. The van der Waals surface area contributed by atoms with Crippen LogP contribution in [0.4, 0.5) is 0 Å². The Bertz CT molecular complexity index is 1160. The number of aryl methyl sites for hydroxylation is 1. The van der Waals surface area contributed by atoms with Gasteiger partial charge in [0.05, 0.1) is 6.61 Å². The van der Waals surface area contributed by atoms with Gasteiger partial charge in [-0.3, -0.25) is 0 Å². The highest BCUT2D eigenvalue weighted by molar-refractivity contribution is 5.84. The average Bonchev–Trinajstić information content (AvgIpc) is 2.78. The minimum atomic E-state index is -1.63. The lowest BCUT2D eigenvalue weighted by Crippen LogP contribution is -2.60. The standard InChI is InChI=1S/C23H24O9/c1-11-13-8-17(31-23-21(28)20(27)19(26)18(10-24)32-23)15(25)9-16(13)30-22(29)14(11)7-12-5-3-2-4-6-12/h2-6,8-9,18-21,23-28H,7,10H2,1H3/t18-,19-,20+,21-,23-/m1/s1. The van der Waals surface area contributed by atoms with Crippen molar-refractivity contribution in [1.82, 2.24) is 0 Å². The quantitative estimate of drug-likeness (QED) is 0.356. The molecule has 0 radical (unpaired) electrons. The minimum Gasteiger partial charge on any atom is -0.504 e. The highest BCUT2D eigenvalue weighted by atomic mass is 16.7. The van der Waals surface area contributed by atoms with Gasteiger partial charge >= 0.3 is 5.63 Å². The van der Waals surface area contributed by atoms with Gasteiger partial charge in [0.25, 0.3) is 0 Å². The lowest BCUT2D eigenvalue weighted by atomic mass is 9.99. The van der Waals surface area contributed by atoms with Gasteiger partial charge in [-0.1, -0.05) is 30.3 Å². The Morgan fingerprint density at radius 3 is 2.44 bits per heavy atom. The maximum atomic E-state index is 12.5. The van der Waals surface area contributed by atoms with E-state index in [1.165, 1.54) is 12.1 Å². The molecule has 1 fully saturated rings. The molecule has 0 aliphatic carbocycles. The molecule has 170 valence electrons. The van der Waals surface area contributed by atoms with E-state index in [1.807, 2.05) is 30.3 Å². The van der Waals surface area contributed by atoms with Gasteiger partial charge in [0.2, 0.25) is 6.29 Å². The zero-order valence-electron chi connectivity index (χ0n) is 17.2. The first kappa shape index (κ1) is 22.3. The number of phenols is 1. The van der Waals surface area contributed by atoms with Crippen molar-refractivity contribution in [3.05, 3.63) is 69.6 Å². The maximum Gasteiger partial charge on any atom is 0.340 e. The fourth-order valence-corrected chi connectivity index (χ4v) is 3.79. The first-order chi connectivity index (χ1) is 15.3. The fourth-order valence-electron chi connectivity index (χ4n) is 3.79. The summed E-state index contributed by atoms with van der Waals surface area (Å²) in [4.78, 5) is 12.5. The third-order valence-corrected chi connectivity index (χ3v) is 5.68. The molecule has 1 aromatic heterocycles. The summed E-state index contributed by atoms with van der Waals surface area (Å²) in [5.74, 6) is -0.475. The van der Waals surface area contributed by atoms with E-state index in [0.29, 0.717) is 22.9 Å². The monoisotopic (exact) mass is 444 g/mol. The number of hydrogen-bond donors (Lipinski definition) is 5. The Labute approximate surface area is 182 Å². The Morgan fingerprint density at radius 2 is 1.75 bits per heavy atom. The largest absolute Gasteiger partial charge is 0.504 e. The molecule has 9 nitrogen and oxygen atoms in total. The van der Waals surface area contributed by atoms with Crippen LogP contribution in [0.3, 0.4) is 0 Å². The van der Waals surface area contributed by atoms with Gasteiger partial charge in [-0.05, 0) is 24.1 Å². The van der Waals surface area contributed by atoms with Crippen molar-refractivity contribution in [2.45, 2.75) is 44.1 Å². The molecule has 2 aromatic carbocycles. The number of aliphatic hydroxyl groups excluding tert-OH is 4. The van der Waals surface area contributed by atoms with Gasteiger partial charge in [-0.15, -0.1) is 0 Å². The second-order valence-corrected chi connectivity index (χ2v) is 7.79. The molecule has 0 spiro atoms. The number of hydrogen-bond acceptors (Lipinski definition) is 9. The van der Waals surface area contributed by atoms with E-state index in [9.17, 15) is 30.3 Å². The molecule has 5 atom stereocenters. The van der Waals surface area contributed by atoms with E-state index < -0.39 is 42.9 Å². The first-order valence-corrected chi connectivity index (χ1v) is 10.1. The van der Waals surface area contributed by atoms with Crippen molar-refractivity contribution in [1.29, 1.82) is 0 Å². The topological polar surface area (TPSA) is 150 Å². The Balaban J connectivity index is 1.70. The number of phenolic OH excluding ortho intramolecular Hbond substituents is 1. The summed E-state index contributed by atoms with van der Waals surface area (Å²) in [6, 6.07) is 12.1. The van der Waals surface area contributed by atoms with Crippen LogP contribution in [0.25, 0.3) is 11.0 Å². The SMILES string of the molecule is Cc1c(Cc2ccccc2)c(=O)oc2cc(O)c(O[C@@H]3O[C@H](CO)[C@@H](O)[C@H](O)[C@H]3O)cc12. The van der Waals surface area contributed by atoms with E-state index in [-0.39, 0.29) is 17.1 Å². The van der Waals surface area contributed by atoms with E-state index in [4.69, 9.17) is 13.9 Å². The highest BCUT2D eigenvalue weighted by Crippen LogP contribution is 2.35. The fraction of sp³-hybridized carbons (Fsp3) is 0.348. The van der Waals surface area contributed by atoms with Gasteiger partial charge < -0.3 is 39.4 Å². The van der Waals surface area contributed by atoms with Crippen LogP contribution in [-0.2, 0) is 11.2 Å². The normalized spacial score (nSPS) is 25.7. The van der Waals surface area contributed by atoms with Crippen molar-refractivity contribution in [3.63, 3.8) is 0 Å². The molecule has 32 heavy (non-hydrogen) atoms. The van der Waals surface area contributed by atoms with Crippen LogP contribution in [0, 0.1) is 6.92 Å². The smallest absolute Gasteiger partial charge is 0.340 e. The van der Waals surface area contributed by atoms with Crippen LogP contribution < -0.4 is 10.4 Å². The Hall–Kier alpha value is -2.95. The van der Waals surface area contributed by atoms with E-state index in [0.717, 1.165) is 5.56 Å². The summed E-state index contributed by atoms with van der Waals surface area (Å²) in [6.07, 6.45) is -7.05. The van der Waals surface area contributed by atoms with Crippen molar-refractivity contribution >= 4 is 11.0 Å². The number of fused-ring (bicyclic) bond motifs is 1. The van der Waals surface area contributed by atoms with Crippen LogP contribution in [0.5, 0.6) is 11.5 Å². The Kier molecular flexibility index (Phi) is 6.18. The minimum absolute atomic E-state index is 0.0931. The lowest BCUT2D eigenvalue weighted by molar-refractivity contribution is -0.277. The van der Waals surface area contributed by atoms with E-state index >= 15 is 0 Å². The summed E-state index contributed by atoms with van der Waals surface area (Å²) in [6.45, 7) is 1.15. The summed E-state index contributed by atoms with van der Waals surface area (Å²) in [5, 5.41) is 50.3. The van der Waals surface area contributed by atoms with E-state index in [1.54, 1.807) is 6.92 Å². The van der Waals surface area contributed by atoms with Crippen LogP contribution >= 0.6 is 0 Å². The number of rotatable bonds is 5. The van der Waals surface area contributed by atoms with Crippen molar-refractivity contribution in [2.75, 3.05) is 6.61 Å². The molecule has 9 heteroatoms. The molecule has 0 amide bonds. The van der Waals surface area contributed by atoms with Gasteiger partial charge in [0.15, 0.2) is 11.5 Å². The predicted octanol–water partition coefficient (Wildman–Crippen LogP) is 0.577. The number of aromatic hydroxyl groups is 1. The van der Waals surface area contributed by atoms with Crippen molar-refractivity contribution < 1.29 is 39.4 Å². The van der Waals surface area contributed by atoms with Crippen LogP contribution in [0.15, 0.2) is 51.7 Å². The molecule has 4 rings (SSSR count). The number of ether oxygens (including phenoxy) is 2. The molecule has 1 aliphatic heterocycles. The predicted molar refractivity (Wildman–Crippen MR) is 113 cm³/mol. The molecule has 5 N–H and O–H groups in total. The van der Waals surface area contributed by atoms with Gasteiger partial charge in [0.1, 0.15) is 30.0 Å². The summed E-state index contributed by atoms with van der Waals surface area (Å²) in [5.41, 5.74) is 1.66. The molecule has 3 aromatic rings. The van der Waals surface area contributed by atoms with Crippen LogP contribution in [-0.4, -0.2) is 62.8 Å². The van der Waals surface area contributed by atoms with Crippen LogP contribution in [0.1, 0.15) is 16.7 Å². The average molecular weight is 444 g/mol. The Morgan fingerprint density at radius 1 is 1.03 bits per heavy atom. The molecule has 1 aliphatic rings. The number of aliphatic hydroxyl groups is 4. The van der Waals surface area contributed by atoms with Gasteiger partial charge in [0, 0.05) is 23.4 Å². The van der Waals surface area contributed by atoms with Gasteiger partial charge in [-0.25, -0.2) is 4.79 Å². The summed E-state index contributed by atoms with van der Waals surface area (Å²) in [7, 11) is 0. The van der Waals surface area contributed by atoms with Crippen molar-refractivity contribution in [3.8, 4) is 11.5 Å². The zero-order chi connectivity index (χ0) is 23.0. The number of benzene rings is 2. The molecule has 2 heterocycles. The maximum absolute atomic E-state index is 12.5. The molecule has 0 unspecified atom stereocenters. The highest BCUT2D eigenvalue weighted by Gasteiger charge is 2.45. The molecule has 0 bridgehead atoms. The van der Waals surface area contributed by atoms with Gasteiger partial charge in [-0.2, -0.15) is 0 Å². The molecular weight excluding hydrogens is 420 g/mol. The second-order valence-electron chi connectivity index (χ2n) is 7.79. The zero-order valence-corrected chi connectivity index (χ0v) is 17.2. The molecule has 1 saturated heterocycles. The summed E-state index contributed by atoms with van der Waals surface area (Å²) >= 11 is 0. The first-order valence-electron chi connectivity index (χ1n) is 10.1. The van der Waals surface area contributed by atoms with Crippen LogP contribution in [0.2, 0.25) is 0 Å². The summed E-state index contributed by atoms with van der Waals surface area (Å²) < 4.78 is 16.3.